The molecule has 2 aromatic rings. The molecule has 2 aliphatic heterocycles. The molecule has 1 aliphatic carbocycles. The summed E-state index contributed by atoms with van der Waals surface area (Å²) < 4.78 is 5.45. The predicted octanol–water partition coefficient (Wildman–Crippen LogP) is 5.67. The summed E-state index contributed by atoms with van der Waals surface area (Å²) >= 11 is 12.8. The molecule has 3 aliphatic rings. The van der Waals surface area contributed by atoms with Crippen molar-refractivity contribution in [1.82, 2.24) is 30.4 Å². The molecule has 13 heteroatoms. The Bertz CT molecular complexity index is 1380. The van der Waals surface area contributed by atoms with E-state index >= 15 is 0 Å². The van der Waals surface area contributed by atoms with E-state index in [1.807, 2.05) is 32.9 Å². The number of rotatable bonds is 11. The molecule has 47 heavy (non-hydrogen) atoms. The lowest BCUT2D eigenvalue weighted by atomic mass is 9.94. The molecule has 1 aromatic carbocycles. The molecule has 0 spiro atoms. The fraction of sp³-hybridized carbons (Fsp3) is 0.647. The van der Waals surface area contributed by atoms with E-state index in [2.05, 4.69) is 54.4 Å². The van der Waals surface area contributed by atoms with Gasteiger partial charge in [-0.15, -0.1) is 0 Å². The summed E-state index contributed by atoms with van der Waals surface area (Å²) in [5, 5.41) is 6.78. The lowest BCUT2D eigenvalue weighted by molar-refractivity contribution is 0.0431. The van der Waals surface area contributed by atoms with Crippen molar-refractivity contribution in [3.63, 3.8) is 0 Å². The summed E-state index contributed by atoms with van der Waals surface area (Å²) in [6, 6.07) is 9.23. The number of halogens is 2. The Kier molecular flexibility index (Phi) is 11.7. The molecular formula is C34H50Cl2N8O3. The first-order valence-electron chi connectivity index (χ1n) is 17.0. The maximum Gasteiger partial charge on any atom is 0.407 e. The average Bonchev–Trinajstić information content (AvgIpc) is 3.84. The molecule has 0 bridgehead atoms. The third-order valence-electron chi connectivity index (χ3n) is 9.19. The quantitative estimate of drug-likeness (QED) is 0.274. The molecule has 1 saturated carbocycles. The topological polar surface area (TPSA) is 129 Å². The number of aromatic nitrogens is 2. The number of anilines is 2. The average molecular weight is 690 g/mol. The molecule has 1 aromatic heterocycles. The molecule has 4 N–H and O–H groups in total. The van der Waals surface area contributed by atoms with Crippen molar-refractivity contribution in [3.05, 3.63) is 45.7 Å². The Morgan fingerprint density at radius 3 is 2.38 bits per heavy atom. The summed E-state index contributed by atoms with van der Waals surface area (Å²) in [7, 11) is 0. The van der Waals surface area contributed by atoms with Crippen molar-refractivity contribution in [2.75, 3.05) is 49.9 Å². The standard InChI is InChI=1S/C34H50Cl2N8O3/c1-5-6-26-21-43(31-29(36)40-28(30(37)41-31)32(45)39-24-11-12-24)19-20-44(26)25-14-17-42(18-15-25)27(22-7-9-23(35)10-8-22)13-16-38-33(46)47-34(2,3)4/h7-10,24-27H,5-6,11-21H2,1-4H3,(H2,37,41)(H,38,46)(H,39,45)/t26-,27?/m0/s1. The summed E-state index contributed by atoms with van der Waals surface area (Å²) in [6.07, 6.45) is 6.57. The number of hydrogen-bond donors (Lipinski definition) is 3. The number of nitrogens with two attached hydrogens (primary N) is 1. The molecule has 3 heterocycles. The highest BCUT2D eigenvalue weighted by molar-refractivity contribution is 6.32. The zero-order valence-corrected chi connectivity index (χ0v) is 29.6. The summed E-state index contributed by atoms with van der Waals surface area (Å²) in [4.78, 5) is 41.3. The molecule has 0 radical (unpaired) electrons. The Morgan fingerprint density at radius 1 is 1.04 bits per heavy atom. The van der Waals surface area contributed by atoms with Crippen LogP contribution in [0.4, 0.5) is 16.4 Å². The lowest BCUT2D eigenvalue weighted by Crippen LogP contribution is -2.59. The zero-order chi connectivity index (χ0) is 33.7. The first-order chi connectivity index (χ1) is 22.4. The number of carbonyl (C=O) groups excluding carboxylic acids is 2. The van der Waals surface area contributed by atoms with Crippen molar-refractivity contribution in [2.45, 2.75) is 102 Å². The summed E-state index contributed by atoms with van der Waals surface area (Å²) in [6.45, 7) is 12.7. The minimum absolute atomic E-state index is 0.0960. The van der Waals surface area contributed by atoms with Crippen LogP contribution in [0.2, 0.25) is 10.2 Å². The summed E-state index contributed by atoms with van der Waals surface area (Å²) in [5.41, 5.74) is 6.98. The van der Waals surface area contributed by atoms with Gasteiger partial charge in [0.2, 0.25) is 0 Å². The smallest absolute Gasteiger partial charge is 0.407 e. The Balaban J connectivity index is 1.21. The monoisotopic (exact) mass is 688 g/mol. The number of piperidine rings is 1. The minimum atomic E-state index is -0.534. The Morgan fingerprint density at radius 2 is 1.74 bits per heavy atom. The van der Waals surface area contributed by atoms with Gasteiger partial charge in [-0.3, -0.25) is 14.6 Å². The number of ether oxygens (including phenoxy) is 1. The van der Waals surface area contributed by atoms with Crippen LogP contribution >= 0.6 is 23.2 Å². The van der Waals surface area contributed by atoms with Gasteiger partial charge >= 0.3 is 6.09 Å². The number of piperazine rings is 1. The number of nitrogens with zero attached hydrogens (tertiary/aromatic N) is 5. The van der Waals surface area contributed by atoms with Gasteiger partial charge in [0.15, 0.2) is 22.5 Å². The van der Waals surface area contributed by atoms with E-state index in [-0.39, 0.29) is 34.7 Å². The van der Waals surface area contributed by atoms with Crippen LogP contribution in [0.25, 0.3) is 0 Å². The first kappa shape index (κ1) is 35.4. The van der Waals surface area contributed by atoms with Gasteiger partial charge in [-0.25, -0.2) is 14.8 Å². The van der Waals surface area contributed by atoms with Gasteiger partial charge in [0.1, 0.15) is 5.60 Å². The molecule has 5 rings (SSSR count). The molecular weight excluding hydrogens is 639 g/mol. The van der Waals surface area contributed by atoms with Crippen LogP contribution in [0.5, 0.6) is 0 Å². The van der Waals surface area contributed by atoms with Crippen molar-refractivity contribution in [1.29, 1.82) is 0 Å². The van der Waals surface area contributed by atoms with Crippen molar-refractivity contribution >= 4 is 46.8 Å². The van der Waals surface area contributed by atoms with Gasteiger partial charge in [-0.1, -0.05) is 48.7 Å². The van der Waals surface area contributed by atoms with Gasteiger partial charge in [-0.2, -0.15) is 0 Å². The van der Waals surface area contributed by atoms with Gasteiger partial charge in [-0.05, 0) is 77.0 Å². The largest absolute Gasteiger partial charge is 0.444 e. The molecule has 3 fully saturated rings. The molecule has 258 valence electrons. The minimum Gasteiger partial charge on any atom is -0.444 e. The number of nitrogen functional groups attached to an aromatic ring is 1. The number of alkyl carbamates (subject to hydrolysis) is 1. The number of benzene rings is 1. The van der Waals surface area contributed by atoms with Crippen LogP contribution < -0.4 is 21.3 Å². The second kappa shape index (κ2) is 15.6. The second-order valence-corrected chi connectivity index (χ2v) is 14.8. The Hall–Kier alpha value is -2.86. The van der Waals surface area contributed by atoms with Crippen LogP contribution in [-0.2, 0) is 4.74 Å². The van der Waals surface area contributed by atoms with Crippen LogP contribution in [0, 0.1) is 0 Å². The van der Waals surface area contributed by atoms with E-state index < -0.39 is 11.7 Å². The van der Waals surface area contributed by atoms with Gasteiger partial charge in [0, 0.05) is 68.5 Å². The molecule has 1 unspecified atom stereocenters. The fourth-order valence-electron chi connectivity index (χ4n) is 6.80. The van der Waals surface area contributed by atoms with Crippen LogP contribution in [0.1, 0.15) is 94.7 Å². The maximum absolute atomic E-state index is 12.6. The van der Waals surface area contributed by atoms with Gasteiger partial charge < -0.3 is 26.0 Å². The highest BCUT2D eigenvalue weighted by Crippen LogP contribution is 2.33. The first-order valence-corrected chi connectivity index (χ1v) is 17.8. The SMILES string of the molecule is CCC[C@H]1CN(c2nc(N)c(C(=O)NC3CC3)nc2Cl)CCN1C1CCN(C(CCNC(=O)OC(C)(C)C)c2ccc(Cl)cc2)CC1. The second-order valence-electron chi connectivity index (χ2n) is 14.0. The van der Waals surface area contributed by atoms with E-state index in [4.69, 9.17) is 33.7 Å². The van der Waals surface area contributed by atoms with Gasteiger partial charge in [0.05, 0.1) is 0 Å². The Labute approximate surface area is 288 Å². The molecule has 2 saturated heterocycles. The summed E-state index contributed by atoms with van der Waals surface area (Å²) in [5.74, 6) is 0.345. The van der Waals surface area contributed by atoms with Crippen LogP contribution in [-0.4, -0.2) is 94.8 Å². The third kappa shape index (κ3) is 9.62. The van der Waals surface area contributed by atoms with E-state index in [1.165, 1.54) is 5.56 Å². The molecule has 11 nitrogen and oxygen atoms in total. The van der Waals surface area contributed by atoms with E-state index in [0.717, 1.165) is 77.7 Å². The lowest BCUT2D eigenvalue weighted by Gasteiger charge is -2.48. The van der Waals surface area contributed by atoms with E-state index in [1.54, 1.807) is 0 Å². The number of hydrogen-bond acceptors (Lipinski definition) is 9. The normalized spacial score (nSPS) is 20.6. The van der Waals surface area contributed by atoms with Crippen molar-refractivity contribution in [3.8, 4) is 0 Å². The number of nitrogens with one attached hydrogen (secondary N) is 2. The van der Waals surface area contributed by atoms with Crippen molar-refractivity contribution < 1.29 is 14.3 Å². The number of amides is 2. The third-order valence-corrected chi connectivity index (χ3v) is 9.70. The van der Waals surface area contributed by atoms with Crippen LogP contribution in [0.15, 0.2) is 24.3 Å². The van der Waals surface area contributed by atoms with Gasteiger partial charge in [0.25, 0.3) is 5.91 Å². The molecule has 2 atom stereocenters. The van der Waals surface area contributed by atoms with E-state index in [0.29, 0.717) is 29.5 Å². The maximum atomic E-state index is 12.6. The number of carbonyl (C=O) groups is 2. The van der Waals surface area contributed by atoms with Crippen LogP contribution in [0.3, 0.4) is 0 Å². The van der Waals surface area contributed by atoms with E-state index in [9.17, 15) is 9.59 Å². The number of likely N-dealkylation sites (tertiary alicyclic amines) is 1. The highest BCUT2D eigenvalue weighted by atomic mass is 35.5. The zero-order valence-electron chi connectivity index (χ0n) is 28.1. The van der Waals surface area contributed by atoms with Crippen molar-refractivity contribution in [2.24, 2.45) is 0 Å². The fourth-order valence-corrected chi connectivity index (χ4v) is 7.17. The predicted molar refractivity (Wildman–Crippen MR) is 187 cm³/mol. The molecule has 2 amide bonds. The highest BCUT2D eigenvalue weighted by Gasteiger charge is 2.36.